The zero-order chi connectivity index (χ0) is 10.7. The number of aromatic nitrogens is 1. The number of alkyl halides is 2. The van der Waals surface area contributed by atoms with Crippen LogP contribution >= 0.6 is 0 Å². The minimum absolute atomic E-state index is 0.0311. The van der Waals surface area contributed by atoms with E-state index >= 15 is 0 Å². The van der Waals surface area contributed by atoms with E-state index in [0.717, 1.165) is 0 Å². The van der Waals surface area contributed by atoms with E-state index in [2.05, 4.69) is 4.98 Å². The molecule has 1 rings (SSSR count). The van der Waals surface area contributed by atoms with Crippen LogP contribution in [0.25, 0.3) is 0 Å². The fourth-order valence-corrected chi connectivity index (χ4v) is 1.30. The van der Waals surface area contributed by atoms with Gasteiger partial charge in [0.25, 0.3) is 6.43 Å². The van der Waals surface area contributed by atoms with Gasteiger partial charge in [-0.15, -0.1) is 0 Å². The van der Waals surface area contributed by atoms with E-state index in [-0.39, 0.29) is 17.9 Å². The molecule has 0 radical (unpaired) electrons. The molecule has 5 heteroatoms. The molecule has 0 saturated carbocycles. The molecule has 2 N–H and O–H groups in total. The molecule has 14 heavy (non-hydrogen) atoms. The quantitative estimate of drug-likeness (QED) is 0.812. The number of halogens is 2. The van der Waals surface area contributed by atoms with Crippen molar-refractivity contribution in [1.82, 2.24) is 4.98 Å². The van der Waals surface area contributed by atoms with Gasteiger partial charge < -0.3 is 10.5 Å². The van der Waals surface area contributed by atoms with Crippen molar-refractivity contribution in [2.45, 2.75) is 19.9 Å². The van der Waals surface area contributed by atoms with Crippen LogP contribution in [0.15, 0.2) is 6.20 Å². The van der Waals surface area contributed by atoms with Crippen LogP contribution in [-0.2, 0) is 6.54 Å². The molecule has 0 aromatic carbocycles. The molecule has 0 fully saturated rings. The minimum Gasteiger partial charge on any atom is -0.494 e. The zero-order valence-corrected chi connectivity index (χ0v) is 8.05. The normalized spacial score (nSPS) is 10.7. The maximum atomic E-state index is 12.7. The highest BCUT2D eigenvalue weighted by molar-refractivity contribution is 5.42. The third kappa shape index (κ3) is 1.82. The van der Waals surface area contributed by atoms with Crippen LogP contribution in [0.1, 0.15) is 23.2 Å². The maximum absolute atomic E-state index is 12.7. The Kier molecular flexibility index (Phi) is 3.35. The van der Waals surface area contributed by atoms with Gasteiger partial charge in [-0.3, -0.25) is 4.98 Å². The molecule has 0 amide bonds. The summed E-state index contributed by atoms with van der Waals surface area (Å²) in [6.07, 6.45) is -1.23. The number of ether oxygens (including phenoxy) is 1. The van der Waals surface area contributed by atoms with E-state index in [1.54, 1.807) is 6.92 Å². The monoisotopic (exact) mass is 202 g/mol. The van der Waals surface area contributed by atoms with Crippen LogP contribution in [0, 0.1) is 6.92 Å². The highest BCUT2D eigenvalue weighted by Gasteiger charge is 2.20. The average Bonchev–Trinajstić information content (AvgIpc) is 2.17. The molecule has 0 atom stereocenters. The van der Waals surface area contributed by atoms with Gasteiger partial charge in [0.15, 0.2) is 0 Å². The predicted octanol–water partition coefficient (Wildman–Crippen LogP) is 1.79. The van der Waals surface area contributed by atoms with Gasteiger partial charge in [0.05, 0.1) is 18.4 Å². The standard InChI is InChI=1S/C9H12F2N2O/c1-5-8(14-2)7(9(10)11)6(3-12)4-13-5/h4,9H,3,12H2,1-2H3. The fourth-order valence-electron chi connectivity index (χ4n) is 1.30. The van der Waals surface area contributed by atoms with Crippen molar-refractivity contribution in [2.24, 2.45) is 5.73 Å². The first-order valence-electron chi connectivity index (χ1n) is 4.12. The molecule has 0 saturated heterocycles. The molecule has 0 aliphatic carbocycles. The van der Waals surface area contributed by atoms with Crippen LogP contribution in [0.3, 0.4) is 0 Å². The summed E-state index contributed by atoms with van der Waals surface area (Å²) >= 11 is 0. The van der Waals surface area contributed by atoms with Crippen LogP contribution in [0.2, 0.25) is 0 Å². The number of aryl methyl sites for hydroxylation is 1. The summed E-state index contributed by atoms with van der Waals surface area (Å²) in [6.45, 7) is 1.65. The molecule has 3 nitrogen and oxygen atoms in total. The van der Waals surface area contributed by atoms with E-state index in [1.165, 1.54) is 13.3 Å². The van der Waals surface area contributed by atoms with Gasteiger partial charge in [-0.25, -0.2) is 8.78 Å². The molecular formula is C9H12F2N2O. The van der Waals surface area contributed by atoms with Crippen LogP contribution in [-0.4, -0.2) is 12.1 Å². The third-order valence-corrected chi connectivity index (χ3v) is 1.98. The summed E-state index contributed by atoms with van der Waals surface area (Å²) < 4.78 is 30.2. The van der Waals surface area contributed by atoms with Crippen molar-refractivity contribution in [3.63, 3.8) is 0 Å². The number of methoxy groups -OCH3 is 1. The molecule has 0 aliphatic rings. The average molecular weight is 202 g/mol. The second kappa shape index (κ2) is 4.32. The van der Waals surface area contributed by atoms with Crippen molar-refractivity contribution < 1.29 is 13.5 Å². The third-order valence-electron chi connectivity index (χ3n) is 1.98. The SMILES string of the molecule is COc1c(C)ncc(CN)c1C(F)F. The van der Waals surface area contributed by atoms with E-state index in [1.807, 2.05) is 0 Å². The Labute approximate surface area is 80.9 Å². The summed E-state index contributed by atoms with van der Waals surface area (Å²) in [5, 5.41) is 0. The van der Waals surface area contributed by atoms with Gasteiger partial charge in [0, 0.05) is 12.7 Å². The minimum atomic E-state index is -2.59. The largest absolute Gasteiger partial charge is 0.494 e. The first kappa shape index (κ1) is 10.8. The molecule has 0 aliphatic heterocycles. The number of pyridine rings is 1. The lowest BCUT2D eigenvalue weighted by molar-refractivity contribution is 0.145. The zero-order valence-electron chi connectivity index (χ0n) is 8.05. The summed E-state index contributed by atoms with van der Waals surface area (Å²) in [6, 6.07) is 0. The Morgan fingerprint density at radius 1 is 1.57 bits per heavy atom. The Balaban J connectivity index is 3.36. The molecule has 1 heterocycles. The topological polar surface area (TPSA) is 48.1 Å². The van der Waals surface area contributed by atoms with Gasteiger partial charge >= 0.3 is 0 Å². The Hall–Kier alpha value is -1.23. The van der Waals surface area contributed by atoms with Crippen molar-refractivity contribution in [3.8, 4) is 5.75 Å². The highest BCUT2D eigenvalue weighted by Crippen LogP contribution is 2.33. The van der Waals surface area contributed by atoms with E-state index in [0.29, 0.717) is 11.3 Å². The van der Waals surface area contributed by atoms with E-state index < -0.39 is 6.43 Å². The second-order valence-corrected chi connectivity index (χ2v) is 2.82. The van der Waals surface area contributed by atoms with Crippen LogP contribution < -0.4 is 10.5 Å². The lowest BCUT2D eigenvalue weighted by atomic mass is 10.1. The summed E-state index contributed by atoms with van der Waals surface area (Å²) in [7, 11) is 1.34. The fraction of sp³-hybridized carbons (Fsp3) is 0.444. The van der Waals surface area contributed by atoms with Gasteiger partial charge in [-0.1, -0.05) is 0 Å². The van der Waals surface area contributed by atoms with Crippen molar-refractivity contribution in [1.29, 1.82) is 0 Å². The molecule has 1 aromatic rings. The smallest absolute Gasteiger partial charge is 0.267 e. The second-order valence-electron chi connectivity index (χ2n) is 2.82. The number of rotatable bonds is 3. The lowest BCUT2D eigenvalue weighted by Crippen LogP contribution is -2.07. The maximum Gasteiger partial charge on any atom is 0.267 e. The van der Waals surface area contributed by atoms with Gasteiger partial charge in [0.2, 0.25) is 0 Å². The van der Waals surface area contributed by atoms with Crippen molar-refractivity contribution in [3.05, 3.63) is 23.0 Å². The Bertz CT molecular complexity index is 329. The summed E-state index contributed by atoms with van der Waals surface area (Å²) in [5.41, 5.74) is 5.95. The van der Waals surface area contributed by atoms with Crippen molar-refractivity contribution in [2.75, 3.05) is 7.11 Å². The molecular weight excluding hydrogens is 190 g/mol. The van der Waals surface area contributed by atoms with Gasteiger partial charge in [-0.2, -0.15) is 0 Å². The molecule has 0 bridgehead atoms. The first-order chi connectivity index (χ1) is 6.61. The highest BCUT2D eigenvalue weighted by atomic mass is 19.3. The lowest BCUT2D eigenvalue weighted by Gasteiger charge is -2.13. The molecule has 0 spiro atoms. The van der Waals surface area contributed by atoms with E-state index in [4.69, 9.17) is 10.5 Å². The molecule has 1 aromatic heterocycles. The van der Waals surface area contributed by atoms with Crippen LogP contribution in [0.4, 0.5) is 8.78 Å². The first-order valence-corrected chi connectivity index (χ1v) is 4.12. The van der Waals surface area contributed by atoms with Gasteiger partial charge in [0.1, 0.15) is 5.75 Å². The van der Waals surface area contributed by atoms with Gasteiger partial charge in [-0.05, 0) is 12.5 Å². The van der Waals surface area contributed by atoms with Crippen LogP contribution in [0.5, 0.6) is 5.75 Å². The van der Waals surface area contributed by atoms with E-state index in [9.17, 15) is 8.78 Å². The number of hydrogen-bond acceptors (Lipinski definition) is 3. The number of hydrogen-bond donors (Lipinski definition) is 1. The molecule has 78 valence electrons. The predicted molar refractivity (Wildman–Crippen MR) is 48.4 cm³/mol. The Morgan fingerprint density at radius 3 is 2.64 bits per heavy atom. The summed E-state index contributed by atoms with van der Waals surface area (Å²) in [5.74, 6) is 0.128. The number of nitrogens with zero attached hydrogens (tertiary/aromatic N) is 1. The Morgan fingerprint density at radius 2 is 2.21 bits per heavy atom. The molecule has 0 unspecified atom stereocenters. The number of nitrogens with two attached hydrogens (primary N) is 1. The summed E-state index contributed by atoms with van der Waals surface area (Å²) in [4.78, 5) is 3.93. The van der Waals surface area contributed by atoms with Crippen molar-refractivity contribution >= 4 is 0 Å².